The molecule has 0 spiro atoms. The monoisotopic (exact) mass is 259 g/mol. The van der Waals surface area contributed by atoms with Crippen LogP contribution < -0.4 is 16.2 Å². The Morgan fingerprint density at radius 2 is 2.00 bits per heavy atom. The van der Waals surface area contributed by atoms with Crippen molar-refractivity contribution < 1.29 is 13.2 Å². The summed E-state index contributed by atoms with van der Waals surface area (Å²) < 4.78 is 22.6. The van der Waals surface area contributed by atoms with E-state index in [0.29, 0.717) is 5.69 Å². The van der Waals surface area contributed by atoms with Crippen molar-refractivity contribution >= 4 is 21.8 Å². The molecule has 9 heteroatoms. The molecule has 2 amide bonds. The highest BCUT2D eigenvalue weighted by Gasteiger charge is 2.12. The minimum Gasteiger partial charge on any atom is -0.340 e. The van der Waals surface area contributed by atoms with E-state index in [2.05, 4.69) is 26.1 Å². The summed E-state index contributed by atoms with van der Waals surface area (Å²) in [5, 5.41) is 2.20. The SMILES string of the molecule is CNC(=O)NNc1nc(C)cc(S(C)(=O)=O)n1. The van der Waals surface area contributed by atoms with Crippen LogP contribution in [0, 0.1) is 6.92 Å². The first-order valence-corrected chi connectivity index (χ1v) is 6.51. The van der Waals surface area contributed by atoms with Crippen molar-refractivity contribution in [2.45, 2.75) is 11.9 Å². The van der Waals surface area contributed by atoms with Crippen molar-refractivity contribution in [3.63, 3.8) is 0 Å². The third-order valence-corrected chi connectivity index (χ3v) is 2.69. The van der Waals surface area contributed by atoms with Crippen LogP contribution in [-0.2, 0) is 9.84 Å². The molecule has 3 N–H and O–H groups in total. The van der Waals surface area contributed by atoms with Crippen LogP contribution in [0.15, 0.2) is 11.1 Å². The number of rotatable bonds is 3. The predicted octanol–water partition coefficient (Wildman–Crippen LogP) is -0.556. The van der Waals surface area contributed by atoms with Crippen molar-refractivity contribution in [2.75, 3.05) is 18.7 Å². The van der Waals surface area contributed by atoms with Gasteiger partial charge in [-0.05, 0) is 13.0 Å². The first kappa shape index (κ1) is 13.2. The number of hydrogen-bond donors (Lipinski definition) is 3. The summed E-state index contributed by atoms with van der Waals surface area (Å²) in [7, 11) is -1.97. The molecular formula is C8H13N5O3S. The Hall–Kier alpha value is -1.90. The molecule has 0 fully saturated rings. The number of sulfone groups is 1. The van der Waals surface area contributed by atoms with Gasteiger partial charge in [0.15, 0.2) is 14.9 Å². The Morgan fingerprint density at radius 1 is 1.35 bits per heavy atom. The standard InChI is InChI=1S/C8H13N5O3S/c1-5-4-6(17(3,15)16)11-7(10-5)12-13-8(14)9-2/h4H,1-3H3,(H2,9,13,14)(H,10,11,12). The van der Waals surface area contributed by atoms with Gasteiger partial charge in [0.1, 0.15) is 0 Å². The number of nitrogens with zero attached hydrogens (tertiary/aromatic N) is 2. The lowest BCUT2D eigenvalue weighted by atomic mass is 10.5. The zero-order valence-corrected chi connectivity index (χ0v) is 10.4. The van der Waals surface area contributed by atoms with E-state index in [0.717, 1.165) is 6.26 Å². The summed E-state index contributed by atoms with van der Waals surface area (Å²) in [6, 6.07) is 0.858. The van der Waals surface area contributed by atoms with Crippen LogP contribution in [-0.4, -0.2) is 37.7 Å². The van der Waals surface area contributed by atoms with Gasteiger partial charge in [-0.25, -0.2) is 23.6 Å². The second-order valence-electron chi connectivity index (χ2n) is 3.27. The highest BCUT2D eigenvalue weighted by molar-refractivity contribution is 7.90. The number of carbonyl (C=O) groups excluding carboxylic acids is 1. The van der Waals surface area contributed by atoms with Crippen LogP contribution in [0.4, 0.5) is 10.7 Å². The van der Waals surface area contributed by atoms with Crippen molar-refractivity contribution in [2.24, 2.45) is 0 Å². The molecule has 94 valence electrons. The minimum absolute atomic E-state index is 0.00836. The Bertz CT molecular complexity index is 528. The number of hydrazine groups is 1. The van der Waals surface area contributed by atoms with Crippen molar-refractivity contribution in [1.82, 2.24) is 20.7 Å². The zero-order valence-electron chi connectivity index (χ0n) is 9.60. The first-order valence-electron chi connectivity index (χ1n) is 4.62. The highest BCUT2D eigenvalue weighted by atomic mass is 32.2. The number of anilines is 1. The Balaban J connectivity index is 2.95. The molecule has 8 nitrogen and oxygen atoms in total. The summed E-state index contributed by atoms with van der Waals surface area (Å²) in [6.45, 7) is 1.63. The smallest absolute Gasteiger partial charge is 0.333 e. The molecule has 0 bridgehead atoms. The van der Waals surface area contributed by atoms with Gasteiger partial charge in [-0.2, -0.15) is 4.98 Å². The molecule has 0 aliphatic carbocycles. The maximum absolute atomic E-state index is 11.3. The minimum atomic E-state index is -3.41. The third kappa shape index (κ3) is 3.87. The molecule has 1 aromatic rings. The van der Waals surface area contributed by atoms with Gasteiger partial charge < -0.3 is 5.32 Å². The van der Waals surface area contributed by atoms with Gasteiger partial charge in [0.05, 0.1) is 0 Å². The molecule has 0 aliphatic rings. The van der Waals surface area contributed by atoms with Gasteiger partial charge in [0.2, 0.25) is 5.95 Å². The van der Waals surface area contributed by atoms with Crippen molar-refractivity contribution in [1.29, 1.82) is 0 Å². The number of carbonyl (C=O) groups is 1. The van der Waals surface area contributed by atoms with E-state index in [4.69, 9.17) is 0 Å². The van der Waals surface area contributed by atoms with E-state index >= 15 is 0 Å². The number of aromatic nitrogens is 2. The molecule has 1 heterocycles. The predicted molar refractivity (Wildman–Crippen MR) is 61.1 cm³/mol. The maximum atomic E-state index is 11.3. The van der Waals surface area contributed by atoms with Crippen molar-refractivity contribution in [3.8, 4) is 0 Å². The van der Waals surface area contributed by atoms with E-state index < -0.39 is 15.9 Å². The summed E-state index contributed by atoms with van der Waals surface area (Å²) in [5.74, 6) is 0.00836. The van der Waals surface area contributed by atoms with Gasteiger partial charge in [-0.15, -0.1) is 0 Å². The number of urea groups is 1. The van der Waals surface area contributed by atoms with Crippen LogP contribution in [0.1, 0.15) is 5.69 Å². The quantitative estimate of drug-likeness (QED) is 0.495. The fourth-order valence-corrected chi connectivity index (χ4v) is 1.60. The largest absolute Gasteiger partial charge is 0.340 e. The van der Waals surface area contributed by atoms with E-state index in [-0.39, 0.29) is 11.0 Å². The first-order chi connectivity index (χ1) is 7.82. The van der Waals surface area contributed by atoms with Gasteiger partial charge >= 0.3 is 6.03 Å². The fraction of sp³-hybridized carbons (Fsp3) is 0.375. The van der Waals surface area contributed by atoms with E-state index in [9.17, 15) is 13.2 Å². The Kier molecular flexibility index (Phi) is 3.84. The summed E-state index contributed by atoms with van der Waals surface area (Å²) in [6.07, 6.45) is 1.05. The van der Waals surface area contributed by atoms with E-state index in [1.165, 1.54) is 13.1 Å². The molecule has 0 saturated carbocycles. The highest BCUT2D eigenvalue weighted by Crippen LogP contribution is 2.09. The number of hydrogen-bond acceptors (Lipinski definition) is 6. The molecule has 0 atom stereocenters. The van der Waals surface area contributed by atoms with Crippen LogP contribution in [0.3, 0.4) is 0 Å². The van der Waals surface area contributed by atoms with Gasteiger partial charge in [-0.3, -0.25) is 5.43 Å². The Morgan fingerprint density at radius 3 is 2.53 bits per heavy atom. The van der Waals surface area contributed by atoms with Crippen LogP contribution in [0.2, 0.25) is 0 Å². The molecule has 1 aromatic heterocycles. The van der Waals surface area contributed by atoms with Gasteiger partial charge in [-0.1, -0.05) is 0 Å². The lowest BCUT2D eigenvalue weighted by Crippen LogP contribution is -2.37. The number of nitrogens with one attached hydrogen (secondary N) is 3. The molecule has 1 rings (SSSR count). The van der Waals surface area contributed by atoms with E-state index in [1.54, 1.807) is 6.92 Å². The molecule has 0 radical (unpaired) electrons. The molecular weight excluding hydrogens is 246 g/mol. The second kappa shape index (κ2) is 4.95. The summed E-state index contributed by atoms with van der Waals surface area (Å²) in [4.78, 5) is 18.6. The molecule has 0 aliphatic heterocycles. The lowest BCUT2D eigenvalue weighted by molar-refractivity contribution is 0.244. The van der Waals surface area contributed by atoms with Gasteiger partial charge in [0, 0.05) is 19.0 Å². The number of amides is 2. The summed E-state index contributed by atoms with van der Waals surface area (Å²) >= 11 is 0. The fourth-order valence-electron chi connectivity index (χ4n) is 0.961. The second-order valence-corrected chi connectivity index (χ2v) is 5.24. The maximum Gasteiger partial charge on any atom is 0.333 e. The van der Waals surface area contributed by atoms with E-state index in [1.807, 2.05) is 0 Å². The van der Waals surface area contributed by atoms with Gasteiger partial charge in [0.25, 0.3) is 0 Å². The number of aryl methyl sites for hydroxylation is 1. The average molecular weight is 259 g/mol. The van der Waals surface area contributed by atoms with Crippen LogP contribution >= 0.6 is 0 Å². The third-order valence-electron chi connectivity index (χ3n) is 1.73. The average Bonchev–Trinajstić information content (AvgIpc) is 2.24. The summed E-state index contributed by atoms with van der Waals surface area (Å²) in [5.41, 5.74) is 5.11. The molecule has 0 unspecified atom stereocenters. The molecule has 0 aromatic carbocycles. The van der Waals surface area contributed by atoms with Crippen molar-refractivity contribution in [3.05, 3.63) is 11.8 Å². The normalized spacial score (nSPS) is 10.8. The Labute approximate surface area is 98.7 Å². The van der Waals surface area contributed by atoms with Crippen LogP contribution in [0.25, 0.3) is 0 Å². The lowest BCUT2D eigenvalue weighted by Gasteiger charge is -2.08. The topological polar surface area (TPSA) is 113 Å². The zero-order chi connectivity index (χ0) is 13.1. The molecule has 0 saturated heterocycles. The molecule has 17 heavy (non-hydrogen) atoms. The van der Waals surface area contributed by atoms with Crippen LogP contribution in [0.5, 0.6) is 0 Å².